The predicted molar refractivity (Wildman–Crippen MR) is 106 cm³/mol. The molecule has 160 valence electrons. The molecule has 31 heavy (non-hydrogen) atoms. The molecule has 0 spiro atoms. The van der Waals surface area contributed by atoms with Gasteiger partial charge >= 0.3 is 0 Å². The number of benzene rings is 2. The van der Waals surface area contributed by atoms with Crippen LogP contribution >= 0.6 is 0 Å². The molecular formula is C18H14N4O9. The van der Waals surface area contributed by atoms with Gasteiger partial charge in [-0.3, -0.25) is 40.5 Å². The number of hydrogen-bond acceptors (Lipinski definition) is 9. The molecule has 2 aromatic carbocycles. The third-order valence-corrected chi connectivity index (χ3v) is 4.18. The number of ether oxygens (including phenoxy) is 1. The Kier molecular flexibility index (Phi) is 6.84. The highest BCUT2D eigenvalue weighted by atomic mass is 16.6. The molecule has 2 aromatic rings. The first kappa shape index (κ1) is 22.8. The van der Waals surface area contributed by atoms with Gasteiger partial charge < -0.3 is 4.74 Å². The third kappa shape index (κ3) is 4.91. The zero-order valence-corrected chi connectivity index (χ0v) is 15.7. The molecule has 2 unspecified atom stereocenters. The Morgan fingerprint density at radius 1 is 0.677 bits per heavy atom. The average molecular weight is 430 g/mol. The maximum atomic E-state index is 11.4. The SMILES string of the molecule is C=CC(OC(C=C)c1ccc([N+](=O)[O-])cc1[N+](=O)[O-])c1ccc([N+](=O)[O-])cc1[N+](=O)[O-]. The molecule has 2 rings (SSSR count). The monoisotopic (exact) mass is 430 g/mol. The average Bonchev–Trinajstić information content (AvgIpc) is 2.73. The topological polar surface area (TPSA) is 182 Å². The van der Waals surface area contributed by atoms with Gasteiger partial charge in [0.2, 0.25) is 0 Å². The van der Waals surface area contributed by atoms with Crippen molar-refractivity contribution in [3.05, 3.63) is 113 Å². The van der Waals surface area contributed by atoms with E-state index in [0.29, 0.717) is 0 Å². The van der Waals surface area contributed by atoms with E-state index in [1.165, 1.54) is 12.2 Å². The second-order valence-electron chi connectivity index (χ2n) is 5.96. The molecule has 0 aliphatic heterocycles. The number of nitrogens with zero attached hydrogens (tertiary/aromatic N) is 4. The summed E-state index contributed by atoms with van der Waals surface area (Å²) < 4.78 is 5.72. The highest BCUT2D eigenvalue weighted by Gasteiger charge is 2.29. The first-order valence-corrected chi connectivity index (χ1v) is 8.36. The number of rotatable bonds is 10. The molecule has 0 radical (unpaired) electrons. The molecule has 0 saturated carbocycles. The van der Waals surface area contributed by atoms with Crippen LogP contribution in [-0.4, -0.2) is 19.7 Å². The molecule has 0 aliphatic rings. The van der Waals surface area contributed by atoms with Crippen molar-refractivity contribution in [1.29, 1.82) is 0 Å². The molecule has 2 atom stereocenters. The second kappa shape index (κ2) is 9.32. The lowest BCUT2D eigenvalue weighted by atomic mass is 10.0. The Labute approximate surface area is 173 Å². The van der Waals surface area contributed by atoms with E-state index in [9.17, 15) is 40.5 Å². The summed E-state index contributed by atoms with van der Waals surface area (Å²) in [5.41, 5.74) is -2.40. The molecule has 0 heterocycles. The fourth-order valence-corrected chi connectivity index (χ4v) is 2.76. The third-order valence-electron chi connectivity index (χ3n) is 4.18. The van der Waals surface area contributed by atoms with Crippen LogP contribution in [0.1, 0.15) is 23.3 Å². The van der Waals surface area contributed by atoms with Crippen LogP contribution in [0.5, 0.6) is 0 Å². The van der Waals surface area contributed by atoms with Gasteiger partial charge in [-0.25, -0.2) is 0 Å². The van der Waals surface area contributed by atoms with E-state index in [4.69, 9.17) is 4.74 Å². The molecule has 0 aliphatic carbocycles. The maximum Gasteiger partial charge on any atom is 0.282 e. The fraction of sp³-hybridized carbons (Fsp3) is 0.111. The van der Waals surface area contributed by atoms with Crippen LogP contribution in [0.3, 0.4) is 0 Å². The van der Waals surface area contributed by atoms with Crippen molar-refractivity contribution in [2.75, 3.05) is 0 Å². The van der Waals surface area contributed by atoms with Gasteiger partial charge in [-0.1, -0.05) is 12.2 Å². The van der Waals surface area contributed by atoms with E-state index in [1.54, 1.807) is 0 Å². The fourth-order valence-electron chi connectivity index (χ4n) is 2.76. The number of non-ortho nitro benzene ring substituents is 2. The van der Waals surface area contributed by atoms with Crippen LogP contribution in [0, 0.1) is 40.5 Å². The van der Waals surface area contributed by atoms with Crippen molar-refractivity contribution in [1.82, 2.24) is 0 Å². The second-order valence-corrected chi connectivity index (χ2v) is 5.96. The van der Waals surface area contributed by atoms with Crippen molar-refractivity contribution >= 4 is 22.7 Å². The molecule has 13 heteroatoms. The molecule has 0 fully saturated rings. The van der Waals surface area contributed by atoms with Crippen molar-refractivity contribution < 1.29 is 24.4 Å². The number of hydrogen-bond donors (Lipinski definition) is 0. The minimum atomic E-state index is -1.21. The van der Waals surface area contributed by atoms with Gasteiger partial charge in [0.25, 0.3) is 22.7 Å². The summed E-state index contributed by atoms with van der Waals surface area (Å²) in [6.45, 7) is 7.06. The van der Waals surface area contributed by atoms with Gasteiger partial charge in [0.1, 0.15) is 12.2 Å². The van der Waals surface area contributed by atoms with Crippen LogP contribution in [0.15, 0.2) is 61.7 Å². The Balaban J connectivity index is 2.52. The molecule has 0 bridgehead atoms. The molecule has 0 saturated heterocycles. The summed E-state index contributed by atoms with van der Waals surface area (Å²) in [5.74, 6) is 0. The highest BCUT2D eigenvalue weighted by Crippen LogP contribution is 2.38. The van der Waals surface area contributed by atoms with Crippen LogP contribution in [0.25, 0.3) is 0 Å². The molecule has 13 nitrogen and oxygen atoms in total. The minimum Gasteiger partial charge on any atom is -0.357 e. The Hall–Kier alpha value is -4.52. The van der Waals surface area contributed by atoms with Crippen LogP contribution < -0.4 is 0 Å². The van der Waals surface area contributed by atoms with Crippen LogP contribution in [-0.2, 0) is 4.74 Å². The Morgan fingerprint density at radius 3 is 1.29 bits per heavy atom. The van der Waals surface area contributed by atoms with E-state index < -0.39 is 54.7 Å². The number of nitro groups is 4. The van der Waals surface area contributed by atoms with Gasteiger partial charge in [0.05, 0.1) is 43.0 Å². The van der Waals surface area contributed by atoms with E-state index >= 15 is 0 Å². The molecule has 0 aromatic heterocycles. The Bertz CT molecular complexity index is 1010. The zero-order valence-electron chi connectivity index (χ0n) is 15.7. The first-order valence-electron chi connectivity index (χ1n) is 8.36. The summed E-state index contributed by atoms with van der Waals surface area (Å²) in [6.07, 6.45) is -0.0814. The van der Waals surface area contributed by atoms with Crippen molar-refractivity contribution in [2.45, 2.75) is 12.2 Å². The largest absolute Gasteiger partial charge is 0.357 e. The smallest absolute Gasteiger partial charge is 0.282 e. The van der Waals surface area contributed by atoms with E-state index in [1.807, 2.05) is 0 Å². The summed E-state index contributed by atoms with van der Waals surface area (Å²) in [7, 11) is 0. The van der Waals surface area contributed by atoms with E-state index in [0.717, 1.165) is 36.4 Å². The standard InChI is InChI=1S/C18H14N4O9/c1-3-17(13-7-5-11(19(23)24)9-15(13)21(27)28)31-18(4-2)14-8-6-12(20(25)26)10-16(14)22(29)30/h3-10,17-18H,1-2H2. The van der Waals surface area contributed by atoms with Gasteiger partial charge in [-0.2, -0.15) is 0 Å². The lowest BCUT2D eigenvalue weighted by molar-refractivity contribution is -0.395. The summed E-state index contributed by atoms with van der Waals surface area (Å²) >= 11 is 0. The lowest BCUT2D eigenvalue weighted by Gasteiger charge is -2.21. The van der Waals surface area contributed by atoms with Crippen molar-refractivity contribution in [2.24, 2.45) is 0 Å². The van der Waals surface area contributed by atoms with Gasteiger partial charge in [-0.05, 0) is 12.1 Å². The summed E-state index contributed by atoms with van der Waals surface area (Å²) in [6, 6.07) is 5.83. The quantitative estimate of drug-likeness (QED) is 0.298. The highest BCUT2D eigenvalue weighted by molar-refractivity contribution is 5.52. The lowest BCUT2D eigenvalue weighted by Crippen LogP contribution is -2.11. The van der Waals surface area contributed by atoms with Gasteiger partial charge in [0.15, 0.2) is 0 Å². The normalized spacial score (nSPS) is 12.4. The van der Waals surface area contributed by atoms with Crippen molar-refractivity contribution in [3.8, 4) is 0 Å². The predicted octanol–water partition coefficient (Wildman–Crippen LogP) is 4.49. The van der Waals surface area contributed by atoms with Gasteiger partial charge in [0, 0.05) is 12.1 Å². The molecule has 0 amide bonds. The summed E-state index contributed by atoms with van der Waals surface area (Å²) in [4.78, 5) is 41.4. The van der Waals surface area contributed by atoms with E-state index in [-0.39, 0.29) is 11.1 Å². The number of nitro benzene ring substituents is 4. The first-order chi connectivity index (χ1) is 14.6. The van der Waals surface area contributed by atoms with E-state index in [2.05, 4.69) is 13.2 Å². The Morgan fingerprint density at radius 2 is 1.03 bits per heavy atom. The summed E-state index contributed by atoms with van der Waals surface area (Å²) in [5, 5.41) is 44.7. The minimum absolute atomic E-state index is 0.0815. The molecule has 0 N–H and O–H groups in total. The van der Waals surface area contributed by atoms with Crippen LogP contribution in [0.2, 0.25) is 0 Å². The maximum absolute atomic E-state index is 11.4. The molecular weight excluding hydrogens is 416 g/mol. The van der Waals surface area contributed by atoms with Gasteiger partial charge in [-0.15, -0.1) is 13.2 Å². The van der Waals surface area contributed by atoms with Crippen LogP contribution in [0.4, 0.5) is 22.7 Å². The zero-order chi connectivity index (χ0) is 23.3. The van der Waals surface area contributed by atoms with Crippen molar-refractivity contribution in [3.63, 3.8) is 0 Å².